The van der Waals surface area contributed by atoms with Gasteiger partial charge in [0.25, 0.3) is 0 Å². The topological polar surface area (TPSA) is 96.3 Å². The largest absolute Gasteiger partial charge is 0.495 e. The molecule has 0 aliphatic heterocycles. The fourth-order valence-electron chi connectivity index (χ4n) is 1.58. The first kappa shape index (κ1) is 12.4. The average Bonchev–Trinajstić information content (AvgIpc) is 2.35. The molecule has 96 valence electrons. The normalized spacial score (nSPS) is 12.4. The summed E-state index contributed by atoms with van der Waals surface area (Å²) in [6.07, 6.45) is 1.44. The van der Waals surface area contributed by atoms with E-state index in [1.54, 1.807) is 19.2 Å². The molecule has 1 unspecified atom stereocenters. The predicted molar refractivity (Wildman–Crippen MR) is 69.6 cm³/mol. The van der Waals surface area contributed by atoms with Gasteiger partial charge < -0.3 is 20.9 Å². The van der Waals surface area contributed by atoms with Gasteiger partial charge in [0.2, 0.25) is 5.88 Å². The lowest BCUT2D eigenvalue weighted by Gasteiger charge is -2.11. The number of hydrogen-bond donors (Lipinski definition) is 2. The maximum Gasteiger partial charge on any atom is 0.224 e. The number of nitrogens with two attached hydrogens (primary N) is 2. The Kier molecular flexibility index (Phi) is 3.47. The van der Waals surface area contributed by atoms with Gasteiger partial charge in [0.1, 0.15) is 18.7 Å². The molecule has 0 aliphatic rings. The molecule has 1 atom stereocenters. The van der Waals surface area contributed by atoms with Crippen LogP contribution in [0.5, 0.6) is 11.6 Å². The summed E-state index contributed by atoms with van der Waals surface area (Å²) >= 11 is 0. The third kappa shape index (κ3) is 2.43. The maximum absolute atomic E-state index is 5.86. The van der Waals surface area contributed by atoms with Crippen molar-refractivity contribution in [2.45, 2.75) is 13.0 Å². The van der Waals surface area contributed by atoms with Gasteiger partial charge in [0.05, 0.1) is 23.7 Å². The second-order valence-corrected chi connectivity index (χ2v) is 4.08. The fourth-order valence-corrected chi connectivity index (χ4v) is 1.58. The van der Waals surface area contributed by atoms with Crippen molar-refractivity contribution in [3.05, 3.63) is 18.5 Å². The fraction of sp³-hybridized carbons (Fsp3) is 0.333. The van der Waals surface area contributed by atoms with Crippen LogP contribution in [0, 0.1) is 0 Å². The molecular formula is C12H16N4O2. The van der Waals surface area contributed by atoms with Crippen LogP contribution < -0.4 is 20.9 Å². The second-order valence-electron chi connectivity index (χ2n) is 4.08. The highest BCUT2D eigenvalue weighted by Crippen LogP contribution is 2.30. The van der Waals surface area contributed by atoms with E-state index in [1.165, 1.54) is 6.33 Å². The Morgan fingerprint density at radius 2 is 2.11 bits per heavy atom. The molecule has 0 radical (unpaired) electrons. The van der Waals surface area contributed by atoms with Crippen LogP contribution >= 0.6 is 0 Å². The van der Waals surface area contributed by atoms with Crippen molar-refractivity contribution >= 4 is 16.6 Å². The monoisotopic (exact) mass is 248 g/mol. The van der Waals surface area contributed by atoms with Crippen molar-refractivity contribution in [1.82, 2.24) is 9.97 Å². The van der Waals surface area contributed by atoms with Crippen LogP contribution in [0.3, 0.4) is 0 Å². The first-order valence-electron chi connectivity index (χ1n) is 5.58. The zero-order valence-electron chi connectivity index (χ0n) is 10.4. The first-order chi connectivity index (χ1) is 8.61. The molecule has 6 nitrogen and oxygen atoms in total. The average molecular weight is 248 g/mol. The number of ether oxygens (including phenoxy) is 2. The lowest BCUT2D eigenvalue weighted by molar-refractivity contribution is 0.288. The Labute approximate surface area is 105 Å². The molecule has 0 bridgehead atoms. The molecule has 0 fully saturated rings. The highest BCUT2D eigenvalue weighted by molar-refractivity contribution is 5.88. The Bertz CT molecular complexity index is 557. The molecule has 1 aromatic carbocycles. The molecule has 2 aromatic rings. The molecule has 0 saturated heterocycles. The molecule has 0 spiro atoms. The Morgan fingerprint density at radius 1 is 1.33 bits per heavy atom. The number of rotatable bonds is 4. The van der Waals surface area contributed by atoms with Crippen LogP contribution in [0.4, 0.5) is 5.69 Å². The number of benzene rings is 1. The summed E-state index contributed by atoms with van der Waals surface area (Å²) in [5.74, 6) is 1.06. The lowest BCUT2D eigenvalue weighted by atomic mass is 10.2. The molecule has 1 heterocycles. The quantitative estimate of drug-likeness (QED) is 0.782. The third-order valence-electron chi connectivity index (χ3n) is 2.43. The van der Waals surface area contributed by atoms with Gasteiger partial charge in [0, 0.05) is 12.1 Å². The van der Waals surface area contributed by atoms with Gasteiger partial charge in [-0.1, -0.05) is 0 Å². The van der Waals surface area contributed by atoms with Gasteiger partial charge >= 0.3 is 0 Å². The van der Waals surface area contributed by atoms with Crippen molar-refractivity contribution in [2.24, 2.45) is 5.73 Å². The summed E-state index contributed by atoms with van der Waals surface area (Å²) in [6.45, 7) is 2.25. The second kappa shape index (κ2) is 5.05. The number of nitrogens with zero attached hydrogens (tertiary/aromatic N) is 2. The number of methoxy groups -OCH3 is 1. The van der Waals surface area contributed by atoms with Gasteiger partial charge in [-0.25, -0.2) is 9.97 Å². The Balaban J connectivity index is 2.45. The van der Waals surface area contributed by atoms with Crippen LogP contribution in [0.2, 0.25) is 0 Å². The van der Waals surface area contributed by atoms with E-state index in [1.807, 2.05) is 6.92 Å². The highest BCUT2D eigenvalue weighted by Gasteiger charge is 2.09. The van der Waals surface area contributed by atoms with Crippen molar-refractivity contribution in [3.8, 4) is 11.6 Å². The number of fused-ring (bicyclic) bond motifs is 1. The van der Waals surface area contributed by atoms with Crippen molar-refractivity contribution in [1.29, 1.82) is 0 Å². The summed E-state index contributed by atoms with van der Waals surface area (Å²) in [6, 6.07) is 3.43. The summed E-state index contributed by atoms with van der Waals surface area (Å²) < 4.78 is 10.7. The summed E-state index contributed by atoms with van der Waals surface area (Å²) in [5, 5.41) is 0.747. The lowest BCUT2D eigenvalue weighted by Crippen LogP contribution is -2.24. The van der Waals surface area contributed by atoms with Crippen LogP contribution in [0.1, 0.15) is 6.92 Å². The number of aromatic nitrogens is 2. The molecule has 0 saturated carbocycles. The summed E-state index contributed by atoms with van der Waals surface area (Å²) in [4.78, 5) is 8.25. The molecule has 2 rings (SSSR count). The van der Waals surface area contributed by atoms with E-state index in [4.69, 9.17) is 20.9 Å². The highest BCUT2D eigenvalue weighted by atomic mass is 16.5. The van der Waals surface area contributed by atoms with E-state index in [9.17, 15) is 0 Å². The molecular weight excluding hydrogens is 232 g/mol. The number of anilines is 1. The minimum atomic E-state index is -0.0642. The van der Waals surface area contributed by atoms with E-state index in [0.717, 1.165) is 10.9 Å². The zero-order chi connectivity index (χ0) is 13.1. The Morgan fingerprint density at radius 3 is 2.78 bits per heavy atom. The smallest absolute Gasteiger partial charge is 0.224 e. The SMILES string of the molecule is COc1cc2ncnc(OCC(C)N)c2cc1N. The van der Waals surface area contributed by atoms with E-state index in [0.29, 0.717) is 23.9 Å². The molecule has 1 aromatic heterocycles. The van der Waals surface area contributed by atoms with Crippen molar-refractivity contribution in [3.63, 3.8) is 0 Å². The zero-order valence-corrected chi connectivity index (χ0v) is 10.4. The predicted octanol–water partition coefficient (Wildman–Crippen LogP) is 0.947. The minimum Gasteiger partial charge on any atom is -0.495 e. The van der Waals surface area contributed by atoms with E-state index < -0.39 is 0 Å². The van der Waals surface area contributed by atoms with Crippen LogP contribution in [-0.2, 0) is 0 Å². The van der Waals surface area contributed by atoms with Crippen molar-refractivity contribution in [2.75, 3.05) is 19.5 Å². The van der Waals surface area contributed by atoms with Gasteiger partial charge in [-0.3, -0.25) is 0 Å². The van der Waals surface area contributed by atoms with E-state index >= 15 is 0 Å². The Hall–Kier alpha value is -2.08. The van der Waals surface area contributed by atoms with Gasteiger partial charge in [-0.2, -0.15) is 0 Å². The molecule has 18 heavy (non-hydrogen) atoms. The van der Waals surface area contributed by atoms with Gasteiger partial charge in [-0.05, 0) is 13.0 Å². The maximum atomic E-state index is 5.86. The molecule has 0 aliphatic carbocycles. The van der Waals surface area contributed by atoms with E-state index in [-0.39, 0.29) is 6.04 Å². The molecule has 0 amide bonds. The summed E-state index contributed by atoms with van der Waals surface area (Å²) in [5.41, 5.74) is 12.7. The number of nitrogen functional groups attached to an aromatic ring is 1. The van der Waals surface area contributed by atoms with Crippen LogP contribution in [-0.4, -0.2) is 29.7 Å². The number of hydrogen-bond acceptors (Lipinski definition) is 6. The van der Waals surface area contributed by atoms with Gasteiger partial charge in [0.15, 0.2) is 0 Å². The van der Waals surface area contributed by atoms with Crippen molar-refractivity contribution < 1.29 is 9.47 Å². The van der Waals surface area contributed by atoms with E-state index in [2.05, 4.69) is 9.97 Å². The van der Waals surface area contributed by atoms with Crippen LogP contribution in [0.15, 0.2) is 18.5 Å². The van der Waals surface area contributed by atoms with Crippen LogP contribution in [0.25, 0.3) is 10.9 Å². The minimum absolute atomic E-state index is 0.0642. The van der Waals surface area contributed by atoms with Gasteiger partial charge in [-0.15, -0.1) is 0 Å². The molecule has 6 heteroatoms. The molecule has 4 N–H and O–H groups in total. The first-order valence-corrected chi connectivity index (χ1v) is 5.58. The standard InChI is InChI=1S/C12H16N4O2/c1-7(13)5-18-12-8-3-9(14)11(17-2)4-10(8)15-6-16-12/h3-4,6-7H,5,13-14H2,1-2H3. The summed E-state index contributed by atoms with van der Waals surface area (Å²) in [7, 11) is 1.56. The third-order valence-corrected chi connectivity index (χ3v) is 2.43.